The van der Waals surface area contributed by atoms with Gasteiger partial charge in [0.1, 0.15) is 12.4 Å². The van der Waals surface area contributed by atoms with Crippen LogP contribution in [0.5, 0.6) is 5.75 Å². The van der Waals surface area contributed by atoms with Crippen LogP contribution in [-0.4, -0.2) is 68.3 Å². The number of urea groups is 1. The van der Waals surface area contributed by atoms with E-state index >= 15 is 0 Å². The Morgan fingerprint density at radius 3 is 2.57 bits per heavy atom. The van der Waals surface area contributed by atoms with E-state index < -0.39 is 0 Å². The number of piperidine rings is 1. The molecule has 2 rings (SSSR count). The standard InChI is InChI=1S/C22H38N4O2/c1-4-13-26-14-11-19(12-15-26)18-23-22(27)24-20-9-7-8-10-21(20)28-17-16-25(5-2)6-3/h7-10,19H,4-6,11-18H2,1-3H3,(H2,23,24,27). The van der Waals surface area contributed by atoms with Crippen LogP contribution in [0.2, 0.25) is 0 Å². The van der Waals surface area contributed by atoms with Crippen LogP contribution in [0.15, 0.2) is 24.3 Å². The predicted molar refractivity (Wildman–Crippen MR) is 116 cm³/mol. The number of hydrogen-bond donors (Lipinski definition) is 2. The number of likely N-dealkylation sites (N-methyl/N-ethyl adjacent to an activating group) is 1. The van der Waals surface area contributed by atoms with Crippen molar-refractivity contribution >= 4 is 11.7 Å². The maximum atomic E-state index is 12.4. The summed E-state index contributed by atoms with van der Waals surface area (Å²) in [7, 11) is 0. The molecule has 0 saturated carbocycles. The van der Waals surface area contributed by atoms with E-state index in [0.717, 1.165) is 63.5 Å². The van der Waals surface area contributed by atoms with Gasteiger partial charge in [0.2, 0.25) is 0 Å². The molecular formula is C22H38N4O2. The number of carbonyl (C=O) groups excluding carboxylic acids is 1. The molecule has 28 heavy (non-hydrogen) atoms. The smallest absolute Gasteiger partial charge is 0.319 e. The van der Waals surface area contributed by atoms with Gasteiger partial charge in [-0.05, 0) is 70.0 Å². The van der Waals surface area contributed by atoms with E-state index in [-0.39, 0.29) is 6.03 Å². The van der Waals surface area contributed by atoms with Crippen molar-refractivity contribution in [1.29, 1.82) is 0 Å². The van der Waals surface area contributed by atoms with Crippen molar-refractivity contribution in [1.82, 2.24) is 15.1 Å². The highest BCUT2D eigenvalue weighted by Gasteiger charge is 2.19. The van der Waals surface area contributed by atoms with Crippen molar-refractivity contribution in [2.24, 2.45) is 5.92 Å². The lowest BCUT2D eigenvalue weighted by Gasteiger charge is -2.31. The number of nitrogens with zero attached hydrogens (tertiary/aromatic N) is 2. The fraction of sp³-hybridized carbons (Fsp3) is 0.682. The van der Waals surface area contributed by atoms with Crippen LogP contribution < -0.4 is 15.4 Å². The van der Waals surface area contributed by atoms with Crippen molar-refractivity contribution in [3.8, 4) is 5.75 Å². The molecule has 0 unspecified atom stereocenters. The number of hydrogen-bond acceptors (Lipinski definition) is 4. The molecule has 158 valence electrons. The minimum Gasteiger partial charge on any atom is -0.490 e. The summed E-state index contributed by atoms with van der Waals surface area (Å²) in [5.74, 6) is 1.29. The second-order valence-electron chi connectivity index (χ2n) is 7.49. The molecule has 1 aliphatic heterocycles. The maximum absolute atomic E-state index is 12.4. The average Bonchev–Trinajstić information content (AvgIpc) is 2.72. The van der Waals surface area contributed by atoms with Crippen LogP contribution in [0.3, 0.4) is 0 Å². The molecule has 2 amide bonds. The molecule has 1 aromatic carbocycles. The molecular weight excluding hydrogens is 352 g/mol. The van der Waals surface area contributed by atoms with Crippen LogP contribution in [0, 0.1) is 5.92 Å². The Kier molecular flexibility index (Phi) is 10.1. The fourth-order valence-corrected chi connectivity index (χ4v) is 3.65. The van der Waals surface area contributed by atoms with Crippen LogP contribution in [0.25, 0.3) is 0 Å². The third kappa shape index (κ3) is 7.68. The van der Waals surface area contributed by atoms with Crippen LogP contribution in [0.1, 0.15) is 40.0 Å². The zero-order valence-electron chi connectivity index (χ0n) is 17.9. The second kappa shape index (κ2) is 12.6. The first-order valence-electron chi connectivity index (χ1n) is 10.9. The van der Waals surface area contributed by atoms with Crippen molar-refractivity contribution in [2.75, 3.05) is 57.7 Å². The van der Waals surface area contributed by atoms with E-state index in [1.807, 2.05) is 24.3 Å². The lowest BCUT2D eigenvalue weighted by atomic mass is 9.97. The number of benzene rings is 1. The molecule has 1 saturated heterocycles. The fourth-order valence-electron chi connectivity index (χ4n) is 3.65. The maximum Gasteiger partial charge on any atom is 0.319 e. The number of anilines is 1. The van der Waals surface area contributed by atoms with Crippen LogP contribution in [0.4, 0.5) is 10.5 Å². The monoisotopic (exact) mass is 390 g/mol. The first-order valence-corrected chi connectivity index (χ1v) is 10.9. The Morgan fingerprint density at radius 2 is 1.89 bits per heavy atom. The van der Waals surface area contributed by atoms with Crippen molar-refractivity contribution < 1.29 is 9.53 Å². The Hall–Kier alpha value is -1.79. The topological polar surface area (TPSA) is 56.8 Å². The van der Waals surface area contributed by atoms with Gasteiger partial charge in [-0.3, -0.25) is 0 Å². The Labute approximate surface area is 170 Å². The predicted octanol–water partition coefficient (Wildman–Crippen LogP) is 3.65. The van der Waals surface area contributed by atoms with Gasteiger partial charge in [-0.2, -0.15) is 0 Å². The van der Waals surface area contributed by atoms with E-state index in [9.17, 15) is 4.79 Å². The Morgan fingerprint density at radius 1 is 1.18 bits per heavy atom. The second-order valence-corrected chi connectivity index (χ2v) is 7.49. The van der Waals surface area contributed by atoms with E-state index in [2.05, 4.69) is 41.2 Å². The molecule has 0 aliphatic carbocycles. The highest BCUT2D eigenvalue weighted by Crippen LogP contribution is 2.23. The lowest BCUT2D eigenvalue weighted by molar-refractivity contribution is 0.182. The molecule has 0 atom stereocenters. The number of para-hydroxylation sites is 2. The quantitative estimate of drug-likeness (QED) is 0.606. The molecule has 1 heterocycles. The SMILES string of the molecule is CCCN1CCC(CNC(=O)Nc2ccccc2OCCN(CC)CC)CC1. The van der Waals surface area contributed by atoms with E-state index in [4.69, 9.17) is 4.74 Å². The molecule has 2 N–H and O–H groups in total. The highest BCUT2D eigenvalue weighted by molar-refractivity contribution is 5.90. The molecule has 1 aliphatic rings. The molecule has 6 heteroatoms. The summed E-state index contributed by atoms with van der Waals surface area (Å²) < 4.78 is 5.91. The molecule has 0 radical (unpaired) electrons. The first kappa shape index (κ1) is 22.5. The number of amides is 2. The van der Waals surface area contributed by atoms with Gasteiger partial charge in [-0.15, -0.1) is 0 Å². The van der Waals surface area contributed by atoms with Crippen molar-refractivity contribution in [3.05, 3.63) is 24.3 Å². The summed E-state index contributed by atoms with van der Waals surface area (Å²) in [4.78, 5) is 17.2. The van der Waals surface area contributed by atoms with Crippen molar-refractivity contribution in [2.45, 2.75) is 40.0 Å². The Bertz CT molecular complexity index is 569. The summed E-state index contributed by atoms with van der Waals surface area (Å²) in [5.41, 5.74) is 0.720. The molecule has 6 nitrogen and oxygen atoms in total. The zero-order valence-corrected chi connectivity index (χ0v) is 17.9. The normalized spacial score (nSPS) is 15.6. The zero-order chi connectivity index (χ0) is 20.2. The van der Waals surface area contributed by atoms with E-state index in [1.54, 1.807) is 0 Å². The minimum atomic E-state index is -0.157. The molecule has 1 fully saturated rings. The van der Waals surface area contributed by atoms with Crippen LogP contribution >= 0.6 is 0 Å². The van der Waals surface area contributed by atoms with Gasteiger partial charge in [0.05, 0.1) is 5.69 Å². The van der Waals surface area contributed by atoms with Gasteiger partial charge in [0.25, 0.3) is 0 Å². The summed E-state index contributed by atoms with van der Waals surface area (Å²) in [6, 6.07) is 7.48. The molecule has 0 bridgehead atoms. The number of nitrogens with one attached hydrogen (secondary N) is 2. The summed E-state index contributed by atoms with van der Waals surface area (Å²) >= 11 is 0. The van der Waals surface area contributed by atoms with E-state index in [1.165, 1.54) is 13.0 Å². The van der Waals surface area contributed by atoms with Gasteiger partial charge in [-0.1, -0.05) is 32.9 Å². The molecule has 0 aromatic heterocycles. The average molecular weight is 391 g/mol. The molecule has 0 spiro atoms. The molecule has 1 aromatic rings. The van der Waals surface area contributed by atoms with Gasteiger partial charge < -0.3 is 25.2 Å². The minimum absolute atomic E-state index is 0.157. The van der Waals surface area contributed by atoms with Gasteiger partial charge >= 0.3 is 6.03 Å². The summed E-state index contributed by atoms with van der Waals surface area (Å²) in [6.45, 7) is 14.2. The third-order valence-corrected chi connectivity index (χ3v) is 5.49. The highest BCUT2D eigenvalue weighted by atomic mass is 16.5. The number of carbonyl (C=O) groups is 1. The Balaban J connectivity index is 1.74. The number of rotatable bonds is 11. The first-order chi connectivity index (χ1) is 13.7. The number of likely N-dealkylation sites (tertiary alicyclic amines) is 1. The summed E-state index contributed by atoms with van der Waals surface area (Å²) in [5, 5.41) is 5.98. The van der Waals surface area contributed by atoms with Gasteiger partial charge in [0.15, 0.2) is 0 Å². The van der Waals surface area contributed by atoms with Crippen LogP contribution in [-0.2, 0) is 0 Å². The summed E-state index contributed by atoms with van der Waals surface area (Å²) in [6.07, 6.45) is 3.53. The van der Waals surface area contributed by atoms with Crippen molar-refractivity contribution in [3.63, 3.8) is 0 Å². The van der Waals surface area contributed by atoms with E-state index in [0.29, 0.717) is 12.5 Å². The number of ether oxygens (including phenoxy) is 1. The largest absolute Gasteiger partial charge is 0.490 e. The lowest BCUT2D eigenvalue weighted by Crippen LogP contribution is -2.40. The third-order valence-electron chi connectivity index (χ3n) is 5.49. The van der Waals surface area contributed by atoms with Gasteiger partial charge in [0, 0.05) is 13.1 Å². The van der Waals surface area contributed by atoms with Gasteiger partial charge in [-0.25, -0.2) is 4.79 Å².